The fourth-order valence-electron chi connectivity index (χ4n) is 3.00. The Balaban J connectivity index is 0.000000198. The standard InChI is InChI=1S/C12H18BrN3O2Si.C9H8BrN3O3/c1-19(2,3)5-4-18-8-16-11-10(15-12(16)17)6-9(13)7-14-11;1-2-16-9(15)13-6-3-5(10)4-11-7(6)12-8(13)14/h6-7H,4-5,8H2,1-3H3,(H,15,17);3-4H,2H2,1H3,(H,11,12,14). The number of H-pyrrole nitrogens is 2. The highest BCUT2D eigenvalue weighted by atomic mass is 79.9. The molecule has 4 aromatic rings. The molecule has 11 nitrogen and oxygen atoms in total. The van der Waals surface area contributed by atoms with Crippen LogP contribution >= 0.6 is 31.9 Å². The van der Waals surface area contributed by atoms with Gasteiger partial charge in [0.2, 0.25) is 0 Å². The maximum absolute atomic E-state index is 11.8. The van der Waals surface area contributed by atoms with Gasteiger partial charge in [-0.15, -0.1) is 0 Å². The molecule has 0 radical (unpaired) electrons. The number of nitrogens with zero attached hydrogens (tertiary/aromatic N) is 4. The summed E-state index contributed by atoms with van der Waals surface area (Å²) >= 11 is 6.55. The van der Waals surface area contributed by atoms with Crippen molar-refractivity contribution in [3.8, 4) is 0 Å². The lowest BCUT2D eigenvalue weighted by Gasteiger charge is -2.15. The van der Waals surface area contributed by atoms with Crippen LogP contribution in [0.5, 0.6) is 0 Å². The summed E-state index contributed by atoms with van der Waals surface area (Å²) in [6.07, 6.45) is 2.50. The fourth-order valence-corrected chi connectivity index (χ4v) is 4.41. The van der Waals surface area contributed by atoms with E-state index in [-0.39, 0.29) is 19.0 Å². The first-order chi connectivity index (χ1) is 16.5. The number of hydrogen-bond acceptors (Lipinski definition) is 7. The van der Waals surface area contributed by atoms with Crippen molar-refractivity contribution >= 4 is 68.4 Å². The van der Waals surface area contributed by atoms with Crippen LogP contribution in [0.3, 0.4) is 0 Å². The number of halogens is 2. The summed E-state index contributed by atoms with van der Waals surface area (Å²) in [4.78, 5) is 48.3. The summed E-state index contributed by atoms with van der Waals surface area (Å²) in [5.74, 6) is 0. The highest BCUT2D eigenvalue weighted by Crippen LogP contribution is 2.15. The van der Waals surface area contributed by atoms with Crippen molar-refractivity contribution in [3.05, 3.63) is 54.4 Å². The molecule has 0 aliphatic carbocycles. The molecular formula is C21H26Br2N6O5Si. The number of carbonyl (C=O) groups excluding carboxylic acids is 1. The molecule has 188 valence electrons. The van der Waals surface area contributed by atoms with Gasteiger partial charge in [0.25, 0.3) is 0 Å². The Morgan fingerprint density at radius 2 is 1.74 bits per heavy atom. The molecule has 0 saturated carbocycles. The molecule has 4 heterocycles. The zero-order valence-electron chi connectivity index (χ0n) is 19.7. The number of fused-ring (bicyclic) bond motifs is 2. The van der Waals surface area contributed by atoms with Crippen molar-refractivity contribution in [2.45, 2.75) is 39.3 Å². The third kappa shape index (κ3) is 6.99. The van der Waals surface area contributed by atoms with Crippen LogP contribution in [0.1, 0.15) is 6.92 Å². The number of aromatic amines is 2. The number of ether oxygens (including phenoxy) is 2. The van der Waals surface area contributed by atoms with E-state index in [1.807, 2.05) is 6.07 Å². The van der Waals surface area contributed by atoms with Crippen LogP contribution in [0.4, 0.5) is 4.79 Å². The van der Waals surface area contributed by atoms with Gasteiger partial charge in [0.1, 0.15) is 12.2 Å². The quantitative estimate of drug-likeness (QED) is 0.240. The zero-order valence-corrected chi connectivity index (χ0v) is 23.9. The van der Waals surface area contributed by atoms with E-state index in [1.54, 1.807) is 19.2 Å². The van der Waals surface area contributed by atoms with Crippen molar-refractivity contribution in [3.63, 3.8) is 0 Å². The molecule has 0 aromatic carbocycles. The average molecular weight is 630 g/mol. The molecule has 0 fully saturated rings. The van der Waals surface area contributed by atoms with E-state index in [4.69, 9.17) is 9.47 Å². The molecule has 4 aromatic heterocycles. The predicted molar refractivity (Wildman–Crippen MR) is 143 cm³/mol. The van der Waals surface area contributed by atoms with Crippen LogP contribution < -0.4 is 11.4 Å². The molecule has 35 heavy (non-hydrogen) atoms. The molecule has 14 heteroatoms. The number of rotatable bonds is 6. The molecule has 0 amide bonds. The topological polar surface area (TPSA) is 137 Å². The van der Waals surface area contributed by atoms with Crippen LogP contribution in [0.15, 0.2) is 43.1 Å². The molecular weight excluding hydrogens is 604 g/mol. The van der Waals surface area contributed by atoms with Crippen LogP contribution in [0, 0.1) is 0 Å². The van der Waals surface area contributed by atoms with Crippen molar-refractivity contribution in [1.29, 1.82) is 0 Å². The number of pyridine rings is 2. The van der Waals surface area contributed by atoms with Crippen LogP contribution in [-0.2, 0) is 16.2 Å². The minimum absolute atomic E-state index is 0.186. The molecule has 0 aliphatic rings. The van der Waals surface area contributed by atoms with Gasteiger partial charge in [0.05, 0.1) is 12.1 Å². The lowest BCUT2D eigenvalue weighted by atomic mass is 10.4. The molecule has 0 aliphatic heterocycles. The van der Waals surface area contributed by atoms with Gasteiger partial charge in [-0.3, -0.25) is 9.55 Å². The second-order valence-corrected chi connectivity index (χ2v) is 16.2. The normalized spacial score (nSPS) is 11.5. The van der Waals surface area contributed by atoms with Crippen LogP contribution in [0.2, 0.25) is 25.7 Å². The monoisotopic (exact) mass is 628 g/mol. The van der Waals surface area contributed by atoms with E-state index in [2.05, 4.69) is 71.4 Å². The van der Waals surface area contributed by atoms with Gasteiger partial charge < -0.3 is 14.5 Å². The Labute approximate surface area is 218 Å². The number of carbonyl (C=O) groups is 1. The largest absolute Gasteiger partial charge is 0.449 e. The van der Waals surface area contributed by atoms with E-state index >= 15 is 0 Å². The SMILES string of the molecule is CCOC(=O)n1c(=O)[nH]c2ncc(Br)cc21.C[Si](C)(C)CCOCn1c(=O)[nH]c2cc(Br)cnc21. The number of aromatic nitrogens is 6. The molecule has 0 saturated heterocycles. The minimum Gasteiger partial charge on any atom is -0.449 e. The number of hydrogen-bond donors (Lipinski definition) is 2. The summed E-state index contributed by atoms with van der Waals surface area (Å²) in [6, 6.07) is 4.54. The van der Waals surface area contributed by atoms with Crippen molar-refractivity contribution < 1.29 is 14.3 Å². The van der Waals surface area contributed by atoms with E-state index in [1.165, 1.54) is 10.8 Å². The van der Waals surface area contributed by atoms with Crippen molar-refractivity contribution in [2.75, 3.05) is 13.2 Å². The van der Waals surface area contributed by atoms with E-state index in [0.717, 1.165) is 15.1 Å². The maximum atomic E-state index is 11.8. The van der Waals surface area contributed by atoms with Gasteiger partial charge in [0, 0.05) is 36.0 Å². The first-order valence-corrected chi connectivity index (χ1v) is 16.0. The van der Waals surface area contributed by atoms with E-state index in [0.29, 0.717) is 33.4 Å². The highest BCUT2D eigenvalue weighted by molar-refractivity contribution is 9.10. The second kappa shape index (κ2) is 11.5. The lowest BCUT2D eigenvalue weighted by molar-refractivity contribution is 0.0874. The molecule has 2 N–H and O–H groups in total. The predicted octanol–water partition coefficient (Wildman–Crippen LogP) is 4.29. The highest BCUT2D eigenvalue weighted by Gasteiger charge is 2.16. The fraction of sp³-hybridized carbons (Fsp3) is 0.381. The Bertz CT molecular complexity index is 1450. The smallest absolute Gasteiger partial charge is 0.422 e. The van der Waals surface area contributed by atoms with Gasteiger partial charge in [-0.05, 0) is 57.0 Å². The maximum Gasteiger partial charge on any atom is 0.422 e. The lowest BCUT2D eigenvalue weighted by Crippen LogP contribution is -2.25. The van der Waals surface area contributed by atoms with Crippen molar-refractivity contribution in [2.24, 2.45) is 0 Å². The molecule has 4 rings (SSSR count). The van der Waals surface area contributed by atoms with Gasteiger partial charge in [-0.1, -0.05) is 19.6 Å². The third-order valence-corrected chi connectivity index (χ3v) is 7.32. The third-order valence-electron chi connectivity index (χ3n) is 4.75. The van der Waals surface area contributed by atoms with Gasteiger partial charge in [0.15, 0.2) is 11.3 Å². The number of imidazole rings is 2. The Hall–Kier alpha value is -2.55. The summed E-state index contributed by atoms with van der Waals surface area (Å²) < 4.78 is 14.3. The van der Waals surface area contributed by atoms with Crippen molar-refractivity contribution in [1.82, 2.24) is 29.1 Å². The second-order valence-electron chi connectivity index (χ2n) is 8.72. The summed E-state index contributed by atoms with van der Waals surface area (Å²) in [6.45, 7) is 9.71. The average Bonchev–Trinajstić information content (AvgIpc) is 3.25. The summed E-state index contributed by atoms with van der Waals surface area (Å²) in [7, 11) is -1.10. The van der Waals surface area contributed by atoms with Gasteiger partial charge in [-0.25, -0.2) is 24.4 Å². The first kappa shape index (κ1) is 27.0. The van der Waals surface area contributed by atoms with Crippen LogP contribution in [-0.4, -0.2) is 56.5 Å². The van der Waals surface area contributed by atoms with Crippen LogP contribution in [0.25, 0.3) is 22.3 Å². The zero-order chi connectivity index (χ0) is 25.8. The van der Waals surface area contributed by atoms with E-state index in [9.17, 15) is 14.4 Å². The van der Waals surface area contributed by atoms with Gasteiger partial charge in [-0.2, -0.15) is 4.57 Å². The summed E-state index contributed by atoms with van der Waals surface area (Å²) in [5, 5.41) is 0. The Morgan fingerprint density at radius 1 is 1.06 bits per heavy atom. The van der Waals surface area contributed by atoms with Gasteiger partial charge >= 0.3 is 17.5 Å². The number of nitrogens with one attached hydrogen (secondary N) is 2. The minimum atomic E-state index is -1.10. The summed E-state index contributed by atoms with van der Waals surface area (Å²) in [5.41, 5.74) is 1.33. The molecule has 0 unspecified atom stereocenters. The Kier molecular flexibility index (Phi) is 8.85. The molecule has 0 spiro atoms. The van der Waals surface area contributed by atoms with E-state index < -0.39 is 19.9 Å². The Morgan fingerprint density at radius 3 is 2.43 bits per heavy atom. The molecule has 0 bridgehead atoms. The molecule has 0 atom stereocenters. The first-order valence-electron chi connectivity index (χ1n) is 10.8.